The van der Waals surface area contributed by atoms with Crippen molar-refractivity contribution in [3.8, 4) is 0 Å². The number of benzene rings is 3. The summed E-state index contributed by atoms with van der Waals surface area (Å²) in [5.41, 5.74) is 8.37. The minimum absolute atomic E-state index is 0.0524. The lowest BCUT2D eigenvalue weighted by Gasteiger charge is -2.35. The van der Waals surface area contributed by atoms with E-state index in [-0.39, 0.29) is 43.0 Å². The summed E-state index contributed by atoms with van der Waals surface area (Å²) in [5, 5.41) is 12.1. The minimum atomic E-state index is -1.41. The van der Waals surface area contributed by atoms with Crippen LogP contribution in [0.1, 0.15) is 61.9 Å². The molecule has 0 saturated carbocycles. The lowest BCUT2D eigenvalue weighted by molar-refractivity contribution is -0.150. The van der Waals surface area contributed by atoms with Crippen molar-refractivity contribution < 1.29 is 33.4 Å². The number of hydrogen-bond acceptors (Lipinski definition) is 10. The number of carboxylic acid groups (broad SMARTS) is 1. The van der Waals surface area contributed by atoms with Crippen molar-refractivity contribution in [3.05, 3.63) is 138 Å². The molecule has 272 valence electrons. The number of ether oxygens (including phenoxy) is 2. The molecule has 0 fully saturated rings. The predicted octanol–water partition coefficient (Wildman–Crippen LogP) is 5.87. The van der Waals surface area contributed by atoms with Crippen LogP contribution in [0.3, 0.4) is 0 Å². The maximum absolute atomic E-state index is 13.1. The number of thioether (sulfide) groups is 1. The molecule has 2 heterocycles. The van der Waals surface area contributed by atoms with Gasteiger partial charge in [-0.2, -0.15) is 0 Å². The molecule has 12 heteroatoms. The van der Waals surface area contributed by atoms with E-state index in [1.54, 1.807) is 6.08 Å². The summed E-state index contributed by atoms with van der Waals surface area (Å²) in [4.78, 5) is 45.8. The van der Waals surface area contributed by atoms with Crippen LogP contribution >= 0.6 is 11.8 Å². The highest BCUT2D eigenvalue weighted by Gasteiger charge is 2.40. The van der Waals surface area contributed by atoms with Gasteiger partial charge in [-0.1, -0.05) is 111 Å². The van der Waals surface area contributed by atoms with Gasteiger partial charge in [0.15, 0.2) is 11.2 Å². The number of hydrogen-bond donors (Lipinski definition) is 3. The molecular weight excluding hydrogens is 681 g/mol. The van der Waals surface area contributed by atoms with Gasteiger partial charge in [-0.25, -0.2) is 14.8 Å². The van der Waals surface area contributed by atoms with Crippen LogP contribution in [0.25, 0.3) is 0 Å². The van der Waals surface area contributed by atoms with E-state index in [9.17, 15) is 19.5 Å². The number of allylic oxidation sites excluding steroid dienone is 1. The van der Waals surface area contributed by atoms with Crippen LogP contribution in [0.5, 0.6) is 0 Å². The Morgan fingerprint density at radius 2 is 1.58 bits per heavy atom. The summed E-state index contributed by atoms with van der Waals surface area (Å²) >= 11 is 1.81. The standard InChI is InChI=1S/C40H44N4O7S/c1-27(2)35(41)37(46)51-31(23-33(45)42-24-34-43-32(25-49-34)36-44-39(3,26-50-36)38(47)48)21-13-14-22-52-40(28-15-7-4-8-16-28,29-17-9-5-10-18-29)30-19-11-6-12-20-30/h4-13,15-21,25,27,31,35H,14,22-24,26,41H2,1-3H3,(H,42,45)(H,47,48)/b21-13+/t31-,35?,39+/m1/s1. The maximum atomic E-state index is 13.1. The van der Waals surface area contributed by atoms with Gasteiger partial charge in [0.2, 0.25) is 17.7 Å². The van der Waals surface area contributed by atoms with E-state index < -0.39 is 40.3 Å². The first-order valence-corrected chi connectivity index (χ1v) is 18.1. The van der Waals surface area contributed by atoms with Gasteiger partial charge in [0, 0.05) is 0 Å². The summed E-state index contributed by atoms with van der Waals surface area (Å²) in [6, 6.07) is 30.4. The summed E-state index contributed by atoms with van der Waals surface area (Å²) < 4.78 is 16.1. The van der Waals surface area contributed by atoms with E-state index in [2.05, 4.69) is 88.1 Å². The van der Waals surface area contributed by atoms with Crippen LogP contribution in [0.2, 0.25) is 0 Å². The first kappa shape index (κ1) is 38.0. The van der Waals surface area contributed by atoms with Crippen LogP contribution in [0, 0.1) is 5.92 Å². The van der Waals surface area contributed by atoms with Crippen LogP contribution in [0.4, 0.5) is 0 Å². The Kier molecular flexibility index (Phi) is 12.7. The Hall–Kier alpha value is -5.20. The van der Waals surface area contributed by atoms with Crippen molar-refractivity contribution in [3.63, 3.8) is 0 Å². The fourth-order valence-corrected chi connectivity index (χ4v) is 7.07. The van der Waals surface area contributed by atoms with Crippen LogP contribution < -0.4 is 11.1 Å². The third-order valence-corrected chi connectivity index (χ3v) is 10.2. The fraction of sp³-hybridized carbons (Fsp3) is 0.325. The van der Waals surface area contributed by atoms with Gasteiger partial charge in [-0.15, -0.1) is 11.8 Å². The van der Waals surface area contributed by atoms with Crippen LogP contribution in [0.15, 0.2) is 119 Å². The molecule has 0 saturated heterocycles. The summed E-state index contributed by atoms with van der Waals surface area (Å²) in [6.07, 6.45) is 4.57. The van der Waals surface area contributed by atoms with Crippen molar-refractivity contribution in [2.75, 3.05) is 12.4 Å². The zero-order chi connectivity index (χ0) is 37.1. The summed E-state index contributed by atoms with van der Waals surface area (Å²) in [5.74, 6) is -1.32. The molecule has 5 rings (SSSR count). The molecule has 0 bridgehead atoms. The molecule has 11 nitrogen and oxygen atoms in total. The number of aliphatic imine (C=N–C) groups is 1. The Bertz CT molecular complexity index is 1770. The Labute approximate surface area is 307 Å². The number of nitrogens with two attached hydrogens (primary N) is 1. The summed E-state index contributed by atoms with van der Waals surface area (Å²) in [6.45, 7) is 4.91. The van der Waals surface area contributed by atoms with Gasteiger partial charge >= 0.3 is 11.9 Å². The first-order chi connectivity index (χ1) is 25.0. The molecule has 4 aromatic rings. The average Bonchev–Trinajstić information content (AvgIpc) is 3.80. The van der Waals surface area contributed by atoms with Crippen molar-refractivity contribution in [2.45, 2.75) is 62.6 Å². The molecule has 52 heavy (non-hydrogen) atoms. The Morgan fingerprint density at radius 1 is 1.00 bits per heavy atom. The quantitative estimate of drug-likeness (QED) is 0.0519. The average molecular weight is 725 g/mol. The second-order valence-corrected chi connectivity index (χ2v) is 14.3. The maximum Gasteiger partial charge on any atom is 0.335 e. The second kappa shape index (κ2) is 17.3. The minimum Gasteiger partial charge on any atom is -0.479 e. The van der Waals surface area contributed by atoms with Crippen molar-refractivity contribution >= 4 is 35.5 Å². The van der Waals surface area contributed by atoms with Gasteiger partial charge < -0.3 is 30.0 Å². The van der Waals surface area contributed by atoms with Gasteiger partial charge in [0.1, 0.15) is 25.0 Å². The first-order valence-electron chi connectivity index (χ1n) is 17.1. The molecular formula is C40H44N4O7S. The highest BCUT2D eigenvalue weighted by molar-refractivity contribution is 8.00. The van der Waals surface area contributed by atoms with E-state index in [0.717, 1.165) is 22.4 Å². The fourth-order valence-electron chi connectivity index (χ4n) is 5.60. The lowest BCUT2D eigenvalue weighted by atomic mass is 9.84. The number of nitrogens with zero attached hydrogens (tertiary/aromatic N) is 2. The monoisotopic (exact) mass is 724 g/mol. The number of carbonyl (C=O) groups excluding carboxylic acids is 2. The highest BCUT2D eigenvalue weighted by Crippen LogP contribution is 2.48. The molecule has 0 spiro atoms. The predicted molar refractivity (Wildman–Crippen MR) is 200 cm³/mol. The summed E-state index contributed by atoms with van der Waals surface area (Å²) in [7, 11) is 0. The number of oxazole rings is 1. The molecule has 1 amide bonds. The van der Waals surface area contributed by atoms with E-state index in [0.29, 0.717) is 6.42 Å². The number of nitrogens with one attached hydrogen (secondary N) is 1. The van der Waals surface area contributed by atoms with Crippen LogP contribution in [-0.2, 0) is 35.1 Å². The highest BCUT2D eigenvalue weighted by atomic mass is 32.2. The third-order valence-electron chi connectivity index (χ3n) is 8.65. The molecule has 1 unspecified atom stereocenters. The smallest absolute Gasteiger partial charge is 0.335 e. The van der Waals surface area contributed by atoms with Gasteiger partial charge in [0.25, 0.3) is 0 Å². The number of rotatable bonds is 17. The number of amides is 1. The normalized spacial score (nSPS) is 17.0. The molecule has 1 aliphatic heterocycles. The molecule has 1 aromatic heterocycles. The number of aliphatic carboxylic acids is 1. The van der Waals surface area contributed by atoms with E-state index in [1.807, 2.05) is 49.9 Å². The van der Waals surface area contributed by atoms with Gasteiger partial charge in [0.05, 0.1) is 17.7 Å². The number of carboxylic acids is 1. The van der Waals surface area contributed by atoms with E-state index in [1.165, 1.54) is 13.2 Å². The van der Waals surface area contributed by atoms with Crippen molar-refractivity contribution in [2.24, 2.45) is 16.6 Å². The van der Waals surface area contributed by atoms with E-state index in [4.69, 9.17) is 19.6 Å². The van der Waals surface area contributed by atoms with Crippen LogP contribution in [-0.4, -0.2) is 63.9 Å². The molecule has 3 aromatic carbocycles. The number of carbonyl (C=O) groups is 3. The number of aromatic nitrogens is 1. The Balaban J connectivity index is 1.26. The zero-order valence-corrected chi connectivity index (χ0v) is 30.3. The topological polar surface area (TPSA) is 166 Å². The second-order valence-electron chi connectivity index (χ2n) is 13.0. The largest absolute Gasteiger partial charge is 0.479 e. The van der Waals surface area contributed by atoms with Crippen molar-refractivity contribution in [1.29, 1.82) is 0 Å². The third kappa shape index (κ3) is 9.17. The molecule has 0 radical (unpaired) electrons. The van der Waals surface area contributed by atoms with Gasteiger partial charge in [-0.3, -0.25) is 9.59 Å². The van der Waals surface area contributed by atoms with E-state index >= 15 is 0 Å². The molecule has 4 N–H and O–H groups in total. The number of esters is 1. The zero-order valence-electron chi connectivity index (χ0n) is 29.4. The SMILES string of the molecule is CC(C)C(N)C(=O)O[C@H](/C=C/CCSC(c1ccccc1)(c1ccccc1)c1ccccc1)CC(=O)NCc1nc(C2=N[C@](C)(C(=O)O)CO2)co1. The Morgan fingerprint density at radius 3 is 2.10 bits per heavy atom. The van der Waals surface area contributed by atoms with Gasteiger partial charge in [-0.05, 0) is 47.8 Å². The lowest BCUT2D eigenvalue weighted by Crippen LogP contribution is -2.39. The molecule has 3 atom stereocenters. The molecule has 0 aliphatic carbocycles. The molecule has 1 aliphatic rings. The van der Waals surface area contributed by atoms with Crippen molar-refractivity contribution in [1.82, 2.24) is 10.3 Å².